The number of carboxylic acids is 2. The predicted molar refractivity (Wildman–Crippen MR) is 76.8 cm³/mol. The van der Waals surface area contributed by atoms with E-state index in [4.69, 9.17) is 10.2 Å². The lowest BCUT2D eigenvalue weighted by Crippen LogP contribution is -2.42. The lowest BCUT2D eigenvalue weighted by molar-refractivity contribution is -0.145. The largest absolute Gasteiger partial charge is 0.507 e. The Kier molecular flexibility index (Phi) is 4.26. The molecule has 1 amide bonds. The van der Waals surface area contributed by atoms with Crippen molar-refractivity contribution in [3.05, 3.63) is 42.0 Å². The first kappa shape index (κ1) is 15.3. The highest BCUT2D eigenvalue weighted by atomic mass is 16.4. The molecule has 1 unspecified atom stereocenters. The fraction of sp³-hybridized carbons (Fsp3) is 0.133. The first-order valence-corrected chi connectivity index (χ1v) is 6.35. The van der Waals surface area contributed by atoms with Gasteiger partial charge >= 0.3 is 11.9 Å². The highest BCUT2D eigenvalue weighted by Gasteiger charge is 2.24. The predicted octanol–water partition coefficient (Wildman–Crippen LogP) is 1.20. The SMILES string of the molecule is O=C(O)CC(NC(=O)c1cc2ccccc2cc1O)C(=O)O. The Labute approximate surface area is 124 Å². The maximum Gasteiger partial charge on any atom is 0.326 e. The number of hydrogen-bond donors (Lipinski definition) is 4. The van der Waals surface area contributed by atoms with Gasteiger partial charge in [-0.3, -0.25) is 9.59 Å². The summed E-state index contributed by atoms with van der Waals surface area (Å²) in [7, 11) is 0. The van der Waals surface area contributed by atoms with Gasteiger partial charge < -0.3 is 20.6 Å². The Bertz CT molecular complexity index is 755. The third kappa shape index (κ3) is 3.32. The molecule has 0 aliphatic rings. The fourth-order valence-corrected chi connectivity index (χ4v) is 2.02. The van der Waals surface area contributed by atoms with E-state index in [0.29, 0.717) is 5.39 Å². The van der Waals surface area contributed by atoms with Crippen molar-refractivity contribution < 1.29 is 29.7 Å². The maximum atomic E-state index is 12.1. The standard InChI is InChI=1S/C15H13NO6/c17-12-6-9-4-2-1-3-8(9)5-10(12)14(20)16-11(15(21)22)7-13(18)19/h1-6,11,17H,7H2,(H,16,20)(H,18,19)(H,21,22). The van der Waals surface area contributed by atoms with Crippen LogP contribution in [0.4, 0.5) is 0 Å². The second kappa shape index (κ2) is 6.13. The quantitative estimate of drug-likeness (QED) is 0.658. The van der Waals surface area contributed by atoms with Crippen LogP contribution in [-0.2, 0) is 9.59 Å². The Balaban J connectivity index is 2.30. The summed E-state index contributed by atoms with van der Waals surface area (Å²) in [6.07, 6.45) is -0.755. The molecule has 2 rings (SSSR count). The first-order valence-electron chi connectivity index (χ1n) is 6.35. The number of phenols is 1. The third-order valence-electron chi connectivity index (χ3n) is 3.09. The van der Waals surface area contributed by atoms with Crippen molar-refractivity contribution in [2.75, 3.05) is 0 Å². The number of phenolic OH excluding ortho intramolecular Hbond substituents is 1. The molecule has 2 aromatic carbocycles. The number of carbonyl (C=O) groups excluding carboxylic acids is 1. The Morgan fingerprint density at radius 2 is 1.64 bits per heavy atom. The number of carboxylic acid groups (broad SMARTS) is 2. The molecule has 2 aromatic rings. The normalized spacial score (nSPS) is 11.8. The molecule has 0 radical (unpaired) electrons. The molecule has 0 fully saturated rings. The summed E-state index contributed by atoms with van der Waals surface area (Å²) in [6, 6.07) is 8.24. The van der Waals surface area contributed by atoms with Gasteiger partial charge in [0.05, 0.1) is 12.0 Å². The molecule has 114 valence electrons. The maximum absolute atomic E-state index is 12.1. The highest BCUT2D eigenvalue weighted by molar-refractivity contribution is 6.03. The Hall–Kier alpha value is -3.09. The average Bonchev–Trinajstić information content (AvgIpc) is 2.45. The number of hydrogen-bond acceptors (Lipinski definition) is 4. The summed E-state index contributed by atoms with van der Waals surface area (Å²) < 4.78 is 0. The molecule has 4 N–H and O–H groups in total. The van der Waals surface area contributed by atoms with E-state index in [1.54, 1.807) is 24.3 Å². The second-order valence-electron chi connectivity index (χ2n) is 4.68. The monoisotopic (exact) mass is 303 g/mol. The van der Waals surface area contributed by atoms with Crippen LogP contribution in [0.2, 0.25) is 0 Å². The van der Waals surface area contributed by atoms with Crippen LogP contribution in [0, 0.1) is 0 Å². The third-order valence-corrected chi connectivity index (χ3v) is 3.09. The number of rotatable bonds is 5. The van der Waals surface area contributed by atoms with E-state index in [0.717, 1.165) is 5.39 Å². The lowest BCUT2D eigenvalue weighted by atomic mass is 10.0. The molecule has 0 spiro atoms. The van der Waals surface area contributed by atoms with Crippen LogP contribution in [0.25, 0.3) is 10.8 Å². The number of amides is 1. The molecule has 0 aliphatic heterocycles. The van der Waals surface area contributed by atoms with Crippen LogP contribution in [0.15, 0.2) is 36.4 Å². The number of aliphatic carboxylic acids is 2. The van der Waals surface area contributed by atoms with Crippen molar-refractivity contribution in [3.63, 3.8) is 0 Å². The van der Waals surface area contributed by atoms with Gasteiger partial charge in [-0.1, -0.05) is 24.3 Å². The molecular formula is C15H13NO6. The summed E-state index contributed by atoms with van der Waals surface area (Å²) in [6.45, 7) is 0. The van der Waals surface area contributed by atoms with E-state index < -0.39 is 30.3 Å². The van der Waals surface area contributed by atoms with E-state index in [9.17, 15) is 19.5 Å². The molecule has 22 heavy (non-hydrogen) atoms. The van der Waals surface area contributed by atoms with Crippen molar-refractivity contribution in [3.8, 4) is 5.75 Å². The molecule has 0 saturated carbocycles. The van der Waals surface area contributed by atoms with Crippen molar-refractivity contribution in [2.45, 2.75) is 12.5 Å². The van der Waals surface area contributed by atoms with Gasteiger partial charge in [0.2, 0.25) is 0 Å². The van der Waals surface area contributed by atoms with Gasteiger partial charge in [-0.25, -0.2) is 4.79 Å². The van der Waals surface area contributed by atoms with Gasteiger partial charge in [0.25, 0.3) is 5.91 Å². The van der Waals surface area contributed by atoms with Crippen molar-refractivity contribution >= 4 is 28.6 Å². The van der Waals surface area contributed by atoms with Crippen LogP contribution in [0.1, 0.15) is 16.8 Å². The number of nitrogens with one attached hydrogen (secondary N) is 1. The molecule has 0 aliphatic carbocycles. The van der Waals surface area contributed by atoms with E-state index in [1.165, 1.54) is 12.1 Å². The molecule has 0 saturated heterocycles. The summed E-state index contributed by atoms with van der Waals surface area (Å²) >= 11 is 0. The number of carbonyl (C=O) groups is 3. The Morgan fingerprint density at radius 1 is 1.05 bits per heavy atom. The first-order chi connectivity index (χ1) is 10.4. The minimum Gasteiger partial charge on any atom is -0.507 e. The molecule has 0 heterocycles. The average molecular weight is 303 g/mol. The fourth-order valence-electron chi connectivity index (χ4n) is 2.02. The van der Waals surface area contributed by atoms with Crippen LogP contribution in [0.3, 0.4) is 0 Å². The van der Waals surface area contributed by atoms with E-state index >= 15 is 0 Å². The molecular weight excluding hydrogens is 290 g/mol. The smallest absolute Gasteiger partial charge is 0.326 e. The van der Waals surface area contributed by atoms with Gasteiger partial charge in [-0.05, 0) is 22.9 Å². The second-order valence-corrected chi connectivity index (χ2v) is 4.68. The van der Waals surface area contributed by atoms with Gasteiger partial charge in [-0.2, -0.15) is 0 Å². The zero-order valence-electron chi connectivity index (χ0n) is 11.3. The zero-order chi connectivity index (χ0) is 16.3. The topological polar surface area (TPSA) is 124 Å². The van der Waals surface area contributed by atoms with Gasteiger partial charge in [0.15, 0.2) is 0 Å². The van der Waals surface area contributed by atoms with Crippen molar-refractivity contribution in [1.82, 2.24) is 5.32 Å². The van der Waals surface area contributed by atoms with E-state index in [2.05, 4.69) is 5.32 Å². The van der Waals surface area contributed by atoms with E-state index in [-0.39, 0.29) is 11.3 Å². The molecule has 1 atom stereocenters. The summed E-state index contributed by atoms with van der Waals surface area (Å²) in [5, 5.41) is 31.0. The molecule has 0 bridgehead atoms. The molecule has 7 nitrogen and oxygen atoms in total. The van der Waals surface area contributed by atoms with E-state index in [1.807, 2.05) is 0 Å². The van der Waals surface area contributed by atoms with Gasteiger partial charge in [0, 0.05) is 0 Å². The summed E-state index contributed by atoms with van der Waals surface area (Å²) in [5.74, 6) is -3.97. The van der Waals surface area contributed by atoms with Gasteiger partial charge in [0.1, 0.15) is 11.8 Å². The van der Waals surface area contributed by atoms with Crippen molar-refractivity contribution in [1.29, 1.82) is 0 Å². The molecule has 7 heteroatoms. The van der Waals surface area contributed by atoms with Gasteiger partial charge in [-0.15, -0.1) is 0 Å². The summed E-state index contributed by atoms with van der Waals surface area (Å²) in [5.41, 5.74) is -0.115. The molecule has 0 aromatic heterocycles. The van der Waals surface area contributed by atoms with Crippen LogP contribution < -0.4 is 5.32 Å². The van der Waals surface area contributed by atoms with Crippen LogP contribution in [0.5, 0.6) is 5.75 Å². The van der Waals surface area contributed by atoms with Crippen molar-refractivity contribution in [2.24, 2.45) is 0 Å². The lowest BCUT2D eigenvalue weighted by Gasteiger charge is -2.13. The zero-order valence-corrected chi connectivity index (χ0v) is 11.3. The minimum atomic E-state index is -1.57. The Morgan fingerprint density at radius 3 is 2.18 bits per heavy atom. The van der Waals surface area contributed by atoms with Crippen LogP contribution >= 0.6 is 0 Å². The number of benzene rings is 2. The number of aromatic hydroxyl groups is 1. The summed E-state index contributed by atoms with van der Waals surface area (Å²) in [4.78, 5) is 33.6. The number of fused-ring (bicyclic) bond motifs is 1. The van der Waals surface area contributed by atoms with Crippen LogP contribution in [-0.4, -0.2) is 39.2 Å². The minimum absolute atomic E-state index is 0.115. The highest BCUT2D eigenvalue weighted by Crippen LogP contribution is 2.25.